The van der Waals surface area contributed by atoms with Crippen molar-refractivity contribution in [3.8, 4) is 11.6 Å². The summed E-state index contributed by atoms with van der Waals surface area (Å²) in [6.45, 7) is -2.55. The largest absolute Gasteiger partial charge is 0.471 e. The number of sulfone groups is 1. The second kappa shape index (κ2) is 14.8. The number of ether oxygens (including phenoxy) is 1. The minimum absolute atomic E-state index is 0.0803. The lowest BCUT2D eigenvalue weighted by atomic mass is 10.0. The molecule has 5 rings (SSSR count). The number of halogens is 10. The van der Waals surface area contributed by atoms with Gasteiger partial charge >= 0.3 is 24.1 Å². The topological polar surface area (TPSA) is 187 Å². The Hall–Kier alpha value is -5.65. The van der Waals surface area contributed by atoms with Crippen LogP contribution in [-0.2, 0) is 28.1 Å². The molecule has 0 aliphatic carbocycles. The van der Waals surface area contributed by atoms with E-state index in [9.17, 15) is 67.4 Å². The number of rotatable bonds is 12. The predicted molar refractivity (Wildman–Crippen MR) is 178 cm³/mol. The Bertz CT molecular complexity index is 2550. The van der Waals surface area contributed by atoms with Crippen molar-refractivity contribution in [3.05, 3.63) is 80.9 Å². The van der Waals surface area contributed by atoms with Crippen LogP contribution < -0.4 is 20.9 Å². The molecule has 0 radical (unpaired) electrons. The third-order valence-electron chi connectivity index (χ3n) is 7.73. The smallest absolute Gasteiger partial charge is 0.460 e. The number of aromatic nitrogens is 5. The maximum absolute atomic E-state index is 14.4. The lowest BCUT2D eigenvalue weighted by Crippen LogP contribution is -2.54. The van der Waals surface area contributed by atoms with E-state index >= 15 is 0 Å². The van der Waals surface area contributed by atoms with Crippen LogP contribution in [0.2, 0.25) is 5.02 Å². The molecule has 14 nitrogen and oxygen atoms in total. The number of carboxylic acid groups (broad SMARTS) is 1. The minimum atomic E-state index is -6.67. The van der Waals surface area contributed by atoms with Crippen molar-refractivity contribution < 1.29 is 67.4 Å². The summed E-state index contributed by atoms with van der Waals surface area (Å²) in [5.41, 5.74) is -2.38. The van der Waals surface area contributed by atoms with Crippen LogP contribution in [0.4, 0.5) is 50.1 Å². The zero-order chi connectivity index (χ0) is 41.7. The van der Waals surface area contributed by atoms with Crippen molar-refractivity contribution in [3.63, 3.8) is 0 Å². The second-order valence-electron chi connectivity index (χ2n) is 12.1. The highest BCUT2D eigenvalue weighted by Crippen LogP contribution is 2.46. The number of nitrogens with zero attached hydrogens (tertiary/aromatic N) is 5. The van der Waals surface area contributed by atoms with Gasteiger partial charge in [0.1, 0.15) is 23.2 Å². The minimum Gasteiger partial charge on any atom is -0.471 e. The van der Waals surface area contributed by atoms with E-state index in [2.05, 4.69) is 25.1 Å². The van der Waals surface area contributed by atoms with Crippen LogP contribution >= 0.6 is 11.6 Å². The highest BCUT2D eigenvalue weighted by Gasteiger charge is 2.73. The van der Waals surface area contributed by atoms with Crippen molar-refractivity contribution in [2.45, 2.75) is 30.5 Å². The van der Waals surface area contributed by atoms with Crippen LogP contribution in [0.15, 0.2) is 47.3 Å². The third kappa shape index (κ3) is 8.44. The molecule has 1 atom stereocenters. The molecule has 56 heavy (non-hydrogen) atoms. The lowest BCUT2D eigenvalue weighted by molar-refractivity contribution is -0.358. The van der Waals surface area contributed by atoms with E-state index in [4.69, 9.17) is 11.6 Å². The van der Waals surface area contributed by atoms with E-state index in [1.807, 2.05) is 5.32 Å². The van der Waals surface area contributed by atoms with Gasteiger partial charge in [-0.15, -0.1) is 0 Å². The Labute approximate surface area is 311 Å². The van der Waals surface area contributed by atoms with E-state index in [1.165, 1.54) is 19.2 Å². The molecular formula is C31H23ClF9N7O7S. The predicted octanol–water partition coefficient (Wildman–Crippen LogP) is 5.35. The molecule has 0 spiro atoms. The van der Waals surface area contributed by atoms with Crippen LogP contribution in [0.1, 0.15) is 17.4 Å². The van der Waals surface area contributed by atoms with Crippen molar-refractivity contribution >= 4 is 61.2 Å². The highest BCUT2D eigenvalue weighted by molar-refractivity contribution is 7.91. The molecule has 300 valence electrons. The fraction of sp³-hybridized carbons (Fsp3) is 0.290. The standard InChI is InChI=1S/C31H23ClF9N7O7S/c1-47-23-19(5-4-17(32)22(23)25(46-47)43-20(49)11-56(2,53)54)48-26(18(42-28(51)52)9-13-7-14(33)10-15(34)8-13)45-24-16(27(48)50)3-6-21(44-24)55-12-29(35,36)30(37,38)31(39,40)41/h3-8,10,18,42H,9,11-12H2,1-2H3,(H,51,52)(H,43,46,49)/t18-/m0/s1. The first-order valence-corrected chi connectivity index (χ1v) is 17.7. The quantitative estimate of drug-likeness (QED) is 0.138. The number of carbonyl (C=O) groups is 2. The average molecular weight is 844 g/mol. The van der Waals surface area contributed by atoms with Crippen molar-refractivity contribution in [2.75, 3.05) is 23.9 Å². The number of aryl methyl sites for hydroxylation is 1. The Morgan fingerprint density at radius 2 is 1.64 bits per heavy atom. The van der Waals surface area contributed by atoms with Gasteiger partial charge < -0.3 is 20.5 Å². The number of hydrogen-bond acceptors (Lipinski definition) is 9. The van der Waals surface area contributed by atoms with Crippen LogP contribution in [0.5, 0.6) is 5.88 Å². The first-order valence-electron chi connectivity index (χ1n) is 15.3. The molecule has 3 heterocycles. The molecular weight excluding hydrogens is 821 g/mol. The summed E-state index contributed by atoms with van der Waals surface area (Å²) in [5, 5.41) is 17.6. The van der Waals surface area contributed by atoms with Gasteiger partial charge in [-0.05, 0) is 35.9 Å². The monoisotopic (exact) mass is 843 g/mol. The number of alkyl halides is 7. The van der Waals surface area contributed by atoms with Crippen LogP contribution in [0, 0.1) is 11.6 Å². The van der Waals surface area contributed by atoms with Gasteiger partial charge in [-0.25, -0.2) is 27.0 Å². The summed E-state index contributed by atoms with van der Waals surface area (Å²) < 4.78 is 151. The molecule has 2 aromatic carbocycles. The average Bonchev–Trinajstić information content (AvgIpc) is 3.37. The molecule has 3 N–H and O–H groups in total. The third-order valence-corrected chi connectivity index (χ3v) is 8.83. The maximum Gasteiger partial charge on any atom is 0.460 e. The van der Waals surface area contributed by atoms with Gasteiger partial charge in [-0.1, -0.05) is 11.6 Å². The number of pyridine rings is 1. The summed E-state index contributed by atoms with van der Waals surface area (Å²) in [7, 11) is -2.52. The number of amides is 2. The SMILES string of the molecule is Cn1nc(NC(=O)CS(C)(=O)=O)c2c(Cl)ccc(-n3c([C@H](Cc4cc(F)cc(F)c4)NC(=O)O)nc4nc(OCC(F)(F)C(F)(F)C(F)(F)F)ccc4c3=O)c21. The number of carbonyl (C=O) groups excluding carboxylic acids is 1. The van der Waals surface area contributed by atoms with E-state index in [0.29, 0.717) is 12.1 Å². The molecule has 0 saturated heterocycles. The molecule has 0 bridgehead atoms. The zero-order valence-corrected chi connectivity index (χ0v) is 29.6. The first kappa shape index (κ1) is 41.5. The van der Waals surface area contributed by atoms with E-state index in [-0.39, 0.29) is 33.0 Å². The summed E-state index contributed by atoms with van der Waals surface area (Å²) in [5.74, 6) is -18.5. The number of anilines is 1. The molecule has 2 amide bonds. The van der Waals surface area contributed by atoms with Gasteiger partial charge in [0.25, 0.3) is 5.56 Å². The fourth-order valence-corrected chi connectivity index (χ4v) is 6.22. The summed E-state index contributed by atoms with van der Waals surface area (Å²) >= 11 is 6.45. The number of fused-ring (bicyclic) bond motifs is 2. The molecule has 0 fully saturated rings. The van der Waals surface area contributed by atoms with Gasteiger partial charge in [-0.3, -0.25) is 18.8 Å². The second-order valence-corrected chi connectivity index (χ2v) is 14.6. The van der Waals surface area contributed by atoms with Gasteiger partial charge in [0.05, 0.1) is 33.0 Å². The van der Waals surface area contributed by atoms with Gasteiger partial charge in [-0.2, -0.15) is 40.8 Å². The molecule has 0 aliphatic rings. The van der Waals surface area contributed by atoms with E-state index < -0.39 is 105 Å². The van der Waals surface area contributed by atoms with Gasteiger partial charge in [0, 0.05) is 31.9 Å². The van der Waals surface area contributed by atoms with Crippen LogP contribution in [0.3, 0.4) is 0 Å². The molecule has 25 heteroatoms. The van der Waals surface area contributed by atoms with Crippen molar-refractivity contribution in [1.82, 2.24) is 29.6 Å². The van der Waals surface area contributed by atoms with Crippen molar-refractivity contribution in [2.24, 2.45) is 7.05 Å². The summed E-state index contributed by atoms with van der Waals surface area (Å²) in [6.07, 6.45) is -8.30. The Morgan fingerprint density at radius 1 is 1.00 bits per heavy atom. The maximum atomic E-state index is 14.4. The van der Waals surface area contributed by atoms with E-state index in [0.717, 1.165) is 33.7 Å². The van der Waals surface area contributed by atoms with Crippen LogP contribution in [0.25, 0.3) is 27.6 Å². The Kier molecular flexibility index (Phi) is 11.0. The molecule has 0 unspecified atom stereocenters. The Balaban J connectivity index is 1.75. The number of benzene rings is 2. The summed E-state index contributed by atoms with van der Waals surface area (Å²) in [4.78, 5) is 46.8. The number of hydrogen-bond donors (Lipinski definition) is 3. The highest BCUT2D eigenvalue weighted by atomic mass is 35.5. The molecule has 0 saturated carbocycles. The Morgan fingerprint density at radius 3 is 2.23 bits per heavy atom. The molecule has 0 aliphatic heterocycles. The van der Waals surface area contributed by atoms with Gasteiger partial charge in [0.2, 0.25) is 11.8 Å². The lowest BCUT2D eigenvalue weighted by Gasteiger charge is -2.27. The summed E-state index contributed by atoms with van der Waals surface area (Å²) in [6, 6.07) is 4.28. The zero-order valence-electron chi connectivity index (χ0n) is 28.1. The number of nitrogens with one attached hydrogen (secondary N) is 2. The van der Waals surface area contributed by atoms with Crippen molar-refractivity contribution in [1.29, 1.82) is 0 Å². The molecule has 3 aromatic heterocycles. The van der Waals surface area contributed by atoms with Gasteiger partial charge in [0.15, 0.2) is 27.9 Å². The fourth-order valence-electron chi connectivity index (χ4n) is 5.43. The van der Waals surface area contributed by atoms with E-state index in [1.54, 1.807) is 0 Å². The van der Waals surface area contributed by atoms with Crippen LogP contribution in [-0.4, -0.2) is 86.5 Å². The normalized spacial score (nSPS) is 13.2. The first-order chi connectivity index (χ1) is 25.8. The molecule has 5 aromatic rings.